The molecule has 4 unspecified atom stereocenters. The van der Waals surface area contributed by atoms with Crippen LogP contribution in [0.15, 0.2) is 0 Å². The lowest BCUT2D eigenvalue weighted by Crippen LogP contribution is -2.43. The lowest BCUT2D eigenvalue weighted by molar-refractivity contribution is 0.208. The van der Waals surface area contributed by atoms with Crippen molar-refractivity contribution in [1.82, 2.24) is 5.32 Å². The van der Waals surface area contributed by atoms with Crippen LogP contribution in [0.1, 0.15) is 53.9 Å². The van der Waals surface area contributed by atoms with Crippen LogP contribution in [0.3, 0.4) is 0 Å². The maximum Gasteiger partial charge on any atom is 0.00723 e. The summed E-state index contributed by atoms with van der Waals surface area (Å²) in [6.45, 7) is 11.7. The van der Waals surface area contributed by atoms with E-state index in [1.165, 1.54) is 19.3 Å². The Bertz CT molecular complexity index is 165. The minimum absolute atomic E-state index is 0.667. The molecule has 0 aromatic carbocycles. The highest BCUT2D eigenvalue weighted by molar-refractivity contribution is 4.82. The van der Waals surface area contributed by atoms with Gasteiger partial charge in [0, 0.05) is 12.1 Å². The predicted molar refractivity (Wildman–Crippen MR) is 63.4 cm³/mol. The van der Waals surface area contributed by atoms with Crippen molar-refractivity contribution in [3.63, 3.8) is 0 Å². The Kier molecular flexibility index (Phi) is 4.43. The van der Waals surface area contributed by atoms with E-state index in [0.717, 1.165) is 23.8 Å². The highest BCUT2D eigenvalue weighted by Gasteiger charge is 2.25. The summed E-state index contributed by atoms with van der Waals surface area (Å²) >= 11 is 0. The fraction of sp³-hybridized carbons (Fsp3) is 1.00. The first kappa shape index (κ1) is 12.0. The van der Waals surface area contributed by atoms with Gasteiger partial charge in [0.25, 0.3) is 0 Å². The van der Waals surface area contributed by atoms with Crippen LogP contribution in [0.2, 0.25) is 0 Å². The zero-order chi connectivity index (χ0) is 10.7. The summed E-state index contributed by atoms with van der Waals surface area (Å²) in [6, 6.07) is 1.44. The SMILES string of the molecule is CC(C)C(C)NC1CCC(C)C(C)C1. The smallest absolute Gasteiger partial charge is 0.00723 e. The van der Waals surface area contributed by atoms with Crippen molar-refractivity contribution >= 4 is 0 Å². The third-order valence-corrected chi connectivity index (χ3v) is 4.10. The van der Waals surface area contributed by atoms with E-state index < -0.39 is 0 Å². The molecule has 1 N–H and O–H groups in total. The zero-order valence-corrected chi connectivity index (χ0v) is 10.5. The molecule has 0 amide bonds. The molecule has 84 valence electrons. The van der Waals surface area contributed by atoms with E-state index in [-0.39, 0.29) is 0 Å². The maximum absolute atomic E-state index is 3.77. The number of nitrogens with one attached hydrogen (secondary N) is 1. The molecule has 1 heteroatoms. The second-order valence-corrected chi connectivity index (χ2v) is 5.66. The molecule has 0 aliphatic heterocycles. The Morgan fingerprint density at radius 1 is 1.00 bits per heavy atom. The van der Waals surface area contributed by atoms with Gasteiger partial charge in [0.15, 0.2) is 0 Å². The first-order valence-corrected chi connectivity index (χ1v) is 6.26. The van der Waals surface area contributed by atoms with E-state index in [4.69, 9.17) is 0 Å². The van der Waals surface area contributed by atoms with Crippen LogP contribution in [0, 0.1) is 17.8 Å². The van der Waals surface area contributed by atoms with Gasteiger partial charge in [-0.3, -0.25) is 0 Å². The molecule has 0 bridgehead atoms. The molecule has 4 atom stereocenters. The van der Waals surface area contributed by atoms with Crippen LogP contribution in [0.4, 0.5) is 0 Å². The average Bonchev–Trinajstić information content (AvgIpc) is 2.11. The molecule has 0 spiro atoms. The van der Waals surface area contributed by atoms with Crippen LogP contribution in [0.5, 0.6) is 0 Å². The summed E-state index contributed by atoms with van der Waals surface area (Å²) in [6.07, 6.45) is 4.16. The van der Waals surface area contributed by atoms with E-state index >= 15 is 0 Å². The van der Waals surface area contributed by atoms with Gasteiger partial charge in [-0.1, -0.05) is 27.7 Å². The summed E-state index contributed by atoms with van der Waals surface area (Å²) in [5.41, 5.74) is 0. The minimum atomic E-state index is 0.667. The molecule has 1 nitrogen and oxygen atoms in total. The minimum Gasteiger partial charge on any atom is -0.311 e. The fourth-order valence-corrected chi connectivity index (χ4v) is 2.26. The molecule has 1 aliphatic rings. The summed E-state index contributed by atoms with van der Waals surface area (Å²) in [4.78, 5) is 0. The van der Waals surface area contributed by atoms with Gasteiger partial charge in [-0.15, -0.1) is 0 Å². The van der Waals surface area contributed by atoms with Crippen LogP contribution >= 0.6 is 0 Å². The molecule has 0 aromatic rings. The molecule has 1 aliphatic carbocycles. The highest BCUT2D eigenvalue weighted by atomic mass is 14.9. The van der Waals surface area contributed by atoms with Gasteiger partial charge in [0.1, 0.15) is 0 Å². The van der Waals surface area contributed by atoms with Crippen molar-refractivity contribution in [2.45, 2.75) is 66.0 Å². The summed E-state index contributed by atoms with van der Waals surface area (Å²) < 4.78 is 0. The van der Waals surface area contributed by atoms with E-state index in [1.807, 2.05) is 0 Å². The van der Waals surface area contributed by atoms with Gasteiger partial charge >= 0.3 is 0 Å². The quantitative estimate of drug-likeness (QED) is 0.731. The van der Waals surface area contributed by atoms with Crippen LogP contribution in [-0.4, -0.2) is 12.1 Å². The van der Waals surface area contributed by atoms with Crippen molar-refractivity contribution in [3.8, 4) is 0 Å². The standard InChI is InChI=1S/C13H27N/c1-9(2)12(5)14-13-7-6-10(3)11(4)8-13/h9-14H,6-8H2,1-5H3. The number of hydrogen-bond donors (Lipinski definition) is 1. The Morgan fingerprint density at radius 3 is 2.14 bits per heavy atom. The first-order valence-electron chi connectivity index (χ1n) is 6.26. The molecule has 0 aromatic heterocycles. The van der Waals surface area contributed by atoms with Gasteiger partial charge in [0.05, 0.1) is 0 Å². The largest absolute Gasteiger partial charge is 0.311 e. The second kappa shape index (κ2) is 5.16. The van der Waals surface area contributed by atoms with Crippen molar-refractivity contribution < 1.29 is 0 Å². The molecule has 0 heterocycles. The lowest BCUT2D eigenvalue weighted by atomic mass is 9.79. The molecule has 1 saturated carbocycles. The molecular formula is C13H27N. The van der Waals surface area contributed by atoms with Crippen molar-refractivity contribution in [2.24, 2.45) is 17.8 Å². The van der Waals surface area contributed by atoms with E-state index in [0.29, 0.717) is 6.04 Å². The summed E-state index contributed by atoms with van der Waals surface area (Å²) in [7, 11) is 0. The number of hydrogen-bond acceptors (Lipinski definition) is 1. The first-order chi connectivity index (χ1) is 6.50. The molecular weight excluding hydrogens is 170 g/mol. The zero-order valence-electron chi connectivity index (χ0n) is 10.5. The van der Waals surface area contributed by atoms with Gasteiger partial charge in [-0.2, -0.15) is 0 Å². The monoisotopic (exact) mass is 197 g/mol. The Balaban J connectivity index is 2.33. The molecule has 1 fully saturated rings. The van der Waals surface area contributed by atoms with Gasteiger partial charge in [-0.25, -0.2) is 0 Å². The third-order valence-electron chi connectivity index (χ3n) is 4.10. The Labute approximate surface area is 89.7 Å². The predicted octanol–water partition coefficient (Wildman–Crippen LogP) is 3.45. The lowest BCUT2D eigenvalue weighted by Gasteiger charge is -2.35. The van der Waals surface area contributed by atoms with E-state index in [2.05, 4.69) is 39.9 Å². The summed E-state index contributed by atoms with van der Waals surface area (Å²) in [5.74, 6) is 2.59. The van der Waals surface area contributed by atoms with Crippen molar-refractivity contribution in [2.75, 3.05) is 0 Å². The maximum atomic E-state index is 3.77. The van der Waals surface area contributed by atoms with Crippen molar-refractivity contribution in [1.29, 1.82) is 0 Å². The number of rotatable bonds is 3. The van der Waals surface area contributed by atoms with Crippen molar-refractivity contribution in [3.05, 3.63) is 0 Å². The second-order valence-electron chi connectivity index (χ2n) is 5.66. The molecule has 0 radical (unpaired) electrons. The van der Waals surface area contributed by atoms with Gasteiger partial charge < -0.3 is 5.32 Å². The van der Waals surface area contributed by atoms with Gasteiger partial charge in [-0.05, 0) is 43.9 Å². The summed E-state index contributed by atoms with van der Waals surface area (Å²) in [5, 5.41) is 3.77. The van der Waals surface area contributed by atoms with Crippen LogP contribution in [0.25, 0.3) is 0 Å². The fourth-order valence-electron chi connectivity index (χ4n) is 2.26. The van der Waals surface area contributed by atoms with E-state index in [9.17, 15) is 0 Å². The normalized spacial score (nSPS) is 36.0. The van der Waals surface area contributed by atoms with E-state index in [1.54, 1.807) is 0 Å². The molecule has 1 rings (SSSR count). The van der Waals surface area contributed by atoms with Crippen LogP contribution < -0.4 is 5.32 Å². The topological polar surface area (TPSA) is 12.0 Å². The van der Waals surface area contributed by atoms with Crippen LogP contribution in [-0.2, 0) is 0 Å². The average molecular weight is 197 g/mol. The Morgan fingerprint density at radius 2 is 1.64 bits per heavy atom. The van der Waals surface area contributed by atoms with Gasteiger partial charge in [0.2, 0.25) is 0 Å². The Hall–Kier alpha value is -0.0400. The molecule has 14 heavy (non-hydrogen) atoms. The highest BCUT2D eigenvalue weighted by Crippen LogP contribution is 2.29. The third kappa shape index (κ3) is 3.27. The molecule has 0 saturated heterocycles.